The molecule has 0 aliphatic heterocycles. The van der Waals surface area contributed by atoms with E-state index in [4.69, 9.17) is 5.73 Å². The molecule has 117 valence electrons. The van der Waals surface area contributed by atoms with Crippen LogP contribution in [0.3, 0.4) is 0 Å². The fraction of sp³-hybridized carbons (Fsp3) is 0.800. The summed E-state index contributed by atoms with van der Waals surface area (Å²) in [7, 11) is 0. The standard InChI is InChI=1S/C15H30N3O2/c1-5-18(6-2)11-7-8-13(4)17-14(19)10-9-12(3)15(16)20/h10,12-13H,5-9,11H2,1-4H3,(H2,16,20)(H,17,19)/t12?,13-/m0/s1. The molecule has 2 amide bonds. The molecule has 0 saturated carbocycles. The SMILES string of the molecule is CCN(CC)CCC[C@H](C)NC(=O)[CH]CC(C)C(N)=O. The van der Waals surface area contributed by atoms with Gasteiger partial charge in [-0.3, -0.25) is 9.59 Å². The minimum atomic E-state index is -0.374. The van der Waals surface area contributed by atoms with E-state index in [1.165, 1.54) is 6.42 Å². The van der Waals surface area contributed by atoms with E-state index in [0.717, 1.165) is 32.5 Å². The molecule has 0 bridgehead atoms. The molecule has 0 aliphatic carbocycles. The highest BCUT2D eigenvalue weighted by Crippen LogP contribution is 2.04. The van der Waals surface area contributed by atoms with E-state index < -0.39 is 0 Å². The maximum atomic E-state index is 11.7. The summed E-state index contributed by atoms with van der Waals surface area (Å²) in [5, 5.41) is 2.92. The Morgan fingerprint density at radius 1 is 1.25 bits per heavy atom. The van der Waals surface area contributed by atoms with Crippen molar-refractivity contribution in [2.24, 2.45) is 11.7 Å². The highest BCUT2D eigenvalue weighted by Gasteiger charge is 2.13. The molecule has 1 radical (unpaired) electrons. The molecule has 2 atom stereocenters. The minimum absolute atomic E-state index is 0.117. The molecule has 0 aromatic heterocycles. The molecule has 5 heteroatoms. The lowest BCUT2D eigenvalue weighted by atomic mass is 10.0. The molecule has 20 heavy (non-hydrogen) atoms. The van der Waals surface area contributed by atoms with Crippen LogP contribution < -0.4 is 11.1 Å². The smallest absolute Gasteiger partial charge is 0.224 e. The number of primary amides is 1. The van der Waals surface area contributed by atoms with E-state index in [9.17, 15) is 9.59 Å². The van der Waals surface area contributed by atoms with Crippen LogP contribution >= 0.6 is 0 Å². The van der Waals surface area contributed by atoms with E-state index in [0.29, 0.717) is 6.42 Å². The zero-order valence-corrected chi connectivity index (χ0v) is 13.3. The molecule has 0 heterocycles. The van der Waals surface area contributed by atoms with Crippen LogP contribution in [0.15, 0.2) is 0 Å². The monoisotopic (exact) mass is 284 g/mol. The van der Waals surface area contributed by atoms with Crippen molar-refractivity contribution in [2.45, 2.75) is 53.0 Å². The molecule has 5 nitrogen and oxygen atoms in total. The largest absolute Gasteiger partial charge is 0.369 e. The number of nitrogens with two attached hydrogens (primary N) is 1. The Balaban J connectivity index is 3.77. The van der Waals surface area contributed by atoms with Gasteiger partial charge in [0.1, 0.15) is 0 Å². The second-order valence-electron chi connectivity index (χ2n) is 5.32. The Kier molecular flexibility index (Phi) is 10.1. The summed E-state index contributed by atoms with van der Waals surface area (Å²) in [6, 6.07) is 0.151. The van der Waals surface area contributed by atoms with Crippen molar-refractivity contribution >= 4 is 11.8 Å². The summed E-state index contributed by atoms with van der Waals surface area (Å²) < 4.78 is 0. The Hall–Kier alpha value is -1.10. The average molecular weight is 284 g/mol. The number of nitrogens with zero attached hydrogens (tertiary/aromatic N) is 1. The number of carbonyl (C=O) groups is 2. The molecular weight excluding hydrogens is 254 g/mol. The highest BCUT2D eigenvalue weighted by atomic mass is 16.2. The van der Waals surface area contributed by atoms with Gasteiger partial charge in [-0.2, -0.15) is 0 Å². The van der Waals surface area contributed by atoms with E-state index in [1.807, 2.05) is 6.92 Å². The van der Waals surface area contributed by atoms with Gasteiger partial charge >= 0.3 is 0 Å². The summed E-state index contributed by atoms with van der Waals surface area (Å²) in [4.78, 5) is 24.9. The van der Waals surface area contributed by atoms with Crippen LogP contribution in [0.5, 0.6) is 0 Å². The van der Waals surface area contributed by atoms with Crippen molar-refractivity contribution in [3.63, 3.8) is 0 Å². The summed E-state index contributed by atoms with van der Waals surface area (Å²) >= 11 is 0. The summed E-state index contributed by atoms with van der Waals surface area (Å²) in [5.74, 6) is -0.784. The Morgan fingerprint density at radius 2 is 1.85 bits per heavy atom. The maximum Gasteiger partial charge on any atom is 0.224 e. The van der Waals surface area contributed by atoms with Crippen LogP contribution in [-0.2, 0) is 9.59 Å². The van der Waals surface area contributed by atoms with Crippen LogP contribution in [-0.4, -0.2) is 42.4 Å². The van der Waals surface area contributed by atoms with Crippen LogP contribution in [0.25, 0.3) is 0 Å². The van der Waals surface area contributed by atoms with E-state index in [2.05, 4.69) is 24.1 Å². The van der Waals surface area contributed by atoms with E-state index in [1.54, 1.807) is 6.92 Å². The number of rotatable bonds is 11. The third-order valence-electron chi connectivity index (χ3n) is 3.54. The first-order valence-electron chi connectivity index (χ1n) is 7.56. The maximum absolute atomic E-state index is 11.7. The molecule has 0 fully saturated rings. The van der Waals surface area contributed by atoms with Gasteiger partial charge in [0.05, 0.1) is 6.42 Å². The zero-order chi connectivity index (χ0) is 15.5. The molecule has 1 unspecified atom stereocenters. The van der Waals surface area contributed by atoms with Gasteiger partial charge in [-0.05, 0) is 45.8 Å². The molecule has 0 saturated heterocycles. The molecule has 0 rings (SSSR count). The van der Waals surface area contributed by atoms with Gasteiger partial charge < -0.3 is 16.0 Å². The van der Waals surface area contributed by atoms with Gasteiger partial charge in [0.15, 0.2) is 0 Å². The third kappa shape index (κ3) is 8.91. The first-order valence-corrected chi connectivity index (χ1v) is 7.56. The summed E-state index contributed by atoms with van der Waals surface area (Å²) in [6.45, 7) is 11.2. The number of nitrogens with one attached hydrogen (secondary N) is 1. The fourth-order valence-electron chi connectivity index (χ4n) is 1.93. The Labute approximate surface area is 123 Å². The van der Waals surface area contributed by atoms with Gasteiger partial charge in [-0.1, -0.05) is 20.8 Å². The van der Waals surface area contributed by atoms with Crippen molar-refractivity contribution in [2.75, 3.05) is 19.6 Å². The second-order valence-corrected chi connectivity index (χ2v) is 5.32. The normalized spacial score (nSPS) is 14.1. The van der Waals surface area contributed by atoms with Crippen molar-refractivity contribution < 1.29 is 9.59 Å². The van der Waals surface area contributed by atoms with E-state index in [-0.39, 0.29) is 23.8 Å². The summed E-state index contributed by atoms with van der Waals surface area (Å²) in [5.41, 5.74) is 5.15. The van der Waals surface area contributed by atoms with Crippen LogP contribution in [0.1, 0.15) is 47.0 Å². The number of amides is 2. The predicted octanol–water partition coefficient (Wildman–Crippen LogP) is 1.33. The quantitative estimate of drug-likeness (QED) is 0.601. The van der Waals surface area contributed by atoms with Crippen LogP contribution in [0, 0.1) is 12.3 Å². The first kappa shape index (κ1) is 18.9. The van der Waals surface area contributed by atoms with Crippen LogP contribution in [0.4, 0.5) is 0 Å². The molecule has 0 spiro atoms. The third-order valence-corrected chi connectivity index (χ3v) is 3.54. The van der Waals surface area contributed by atoms with Gasteiger partial charge in [0.25, 0.3) is 0 Å². The van der Waals surface area contributed by atoms with Gasteiger partial charge in [-0.15, -0.1) is 0 Å². The predicted molar refractivity (Wildman–Crippen MR) is 81.9 cm³/mol. The first-order chi connectivity index (χ1) is 9.40. The van der Waals surface area contributed by atoms with Crippen molar-refractivity contribution in [1.82, 2.24) is 10.2 Å². The van der Waals surface area contributed by atoms with Crippen molar-refractivity contribution in [3.8, 4) is 0 Å². The topological polar surface area (TPSA) is 75.4 Å². The lowest BCUT2D eigenvalue weighted by Crippen LogP contribution is -2.34. The molecular formula is C15H30N3O2. The van der Waals surface area contributed by atoms with Crippen LogP contribution in [0.2, 0.25) is 0 Å². The Morgan fingerprint density at radius 3 is 2.35 bits per heavy atom. The van der Waals surface area contributed by atoms with Gasteiger partial charge in [-0.25, -0.2) is 0 Å². The Bertz CT molecular complexity index is 291. The summed E-state index contributed by atoms with van der Waals surface area (Å²) in [6.07, 6.45) is 3.94. The average Bonchev–Trinajstić information content (AvgIpc) is 2.40. The zero-order valence-electron chi connectivity index (χ0n) is 13.3. The van der Waals surface area contributed by atoms with Gasteiger partial charge in [0, 0.05) is 12.0 Å². The molecule has 0 aliphatic rings. The lowest BCUT2D eigenvalue weighted by Gasteiger charge is -2.19. The fourth-order valence-corrected chi connectivity index (χ4v) is 1.93. The molecule has 3 N–H and O–H groups in total. The van der Waals surface area contributed by atoms with E-state index >= 15 is 0 Å². The number of hydrogen-bond acceptors (Lipinski definition) is 3. The van der Waals surface area contributed by atoms with Crippen molar-refractivity contribution in [3.05, 3.63) is 6.42 Å². The highest BCUT2D eigenvalue weighted by molar-refractivity contribution is 5.86. The van der Waals surface area contributed by atoms with Crippen molar-refractivity contribution in [1.29, 1.82) is 0 Å². The molecule has 0 aromatic carbocycles. The number of hydrogen-bond donors (Lipinski definition) is 2. The molecule has 0 aromatic rings. The van der Waals surface area contributed by atoms with Gasteiger partial charge in [0.2, 0.25) is 11.8 Å². The minimum Gasteiger partial charge on any atom is -0.369 e. The second kappa shape index (κ2) is 10.7. The lowest BCUT2D eigenvalue weighted by molar-refractivity contribution is -0.121. The number of carbonyl (C=O) groups excluding carboxylic acids is 2.